The third-order valence-corrected chi connectivity index (χ3v) is 3.11. The van der Waals surface area contributed by atoms with Crippen molar-refractivity contribution in [2.45, 2.75) is 19.4 Å². The van der Waals surface area contributed by atoms with Crippen molar-refractivity contribution >= 4 is 11.6 Å². The van der Waals surface area contributed by atoms with E-state index in [1.165, 1.54) is 24.5 Å². The SMILES string of the molecule is OCc1ccc(OCc2ccncc2Cl)c(C(F)(F)F)c1. The van der Waals surface area contributed by atoms with Crippen LogP contribution in [0.25, 0.3) is 0 Å². The lowest BCUT2D eigenvalue weighted by Crippen LogP contribution is -2.09. The van der Waals surface area contributed by atoms with E-state index in [9.17, 15) is 13.2 Å². The van der Waals surface area contributed by atoms with Crippen LogP contribution in [0.1, 0.15) is 16.7 Å². The van der Waals surface area contributed by atoms with Crippen LogP contribution >= 0.6 is 11.6 Å². The van der Waals surface area contributed by atoms with Crippen LogP contribution in [0.2, 0.25) is 5.02 Å². The zero-order valence-electron chi connectivity index (χ0n) is 10.7. The second-order valence-electron chi connectivity index (χ2n) is 4.24. The van der Waals surface area contributed by atoms with E-state index in [4.69, 9.17) is 21.4 Å². The van der Waals surface area contributed by atoms with Crippen molar-refractivity contribution in [2.24, 2.45) is 0 Å². The molecule has 1 aromatic carbocycles. The minimum absolute atomic E-state index is 0.108. The van der Waals surface area contributed by atoms with Crippen molar-refractivity contribution in [1.82, 2.24) is 4.98 Å². The van der Waals surface area contributed by atoms with Crippen LogP contribution in [0.4, 0.5) is 13.2 Å². The Balaban J connectivity index is 2.26. The van der Waals surface area contributed by atoms with Gasteiger partial charge in [-0.1, -0.05) is 17.7 Å². The van der Waals surface area contributed by atoms with Crippen LogP contribution in [-0.2, 0) is 19.4 Å². The van der Waals surface area contributed by atoms with Gasteiger partial charge in [0.05, 0.1) is 17.2 Å². The summed E-state index contributed by atoms with van der Waals surface area (Å²) in [5, 5.41) is 9.25. The van der Waals surface area contributed by atoms with E-state index in [0.717, 1.165) is 6.07 Å². The summed E-state index contributed by atoms with van der Waals surface area (Å²) in [4.78, 5) is 3.78. The van der Waals surface area contributed by atoms with Crippen molar-refractivity contribution in [2.75, 3.05) is 0 Å². The Kier molecular flexibility index (Phi) is 4.69. The normalized spacial score (nSPS) is 11.5. The van der Waals surface area contributed by atoms with Crippen LogP contribution in [0.5, 0.6) is 5.75 Å². The molecule has 0 aliphatic carbocycles. The Bertz CT molecular complexity index is 632. The fraction of sp³-hybridized carbons (Fsp3) is 0.214. The van der Waals surface area contributed by atoms with Crippen LogP contribution < -0.4 is 4.74 Å². The Morgan fingerprint density at radius 1 is 1.24 bits per heavy atom. The standard InChI is InChI=1S/C14H11ClF3NO2/c15-12-6-19-4-3-10(12)8-21-13-2-1-9(7-20)5-11(13)14(16,17)18/h1-6,20H,7-8H2. The predicted molar refractivity (Wildman–Crippen MR) is 70.9 cm³/mol. The molecule has 1 N–H and O–H groups in total. The quantitative estimate of drug-likeness (QED) is 0.932. The van der Waals surface area contributed by atoms with E-state index >= 15 is 0 Å². The Hall–Kier alpha value is -1.79. The number of benzene rings is 1. The molecule has 0 aliphatic rings. The average Bonchev–Trinajstić information content (AvgIpc) is 2.45. The summed E-state index contributed by atoms with van der Waals surface area (Å²) in [5.74, 6) is -0.312. The van der Waals surface area contributed by atoms with Crippen LogP contribution in [0, 0.1) is 0 Å². The predicted octanol–water partition coefficient (Wildman–Crippen LogP) is 3.83. The first-order valence-corrected chi connectivity index (χ1v) is 6.32. The molecular weight excluding hydrogens is 307 g/mol. The van der Waals surface area contributed by atoms with Crippen LogP contribution in [-0.4, -0.2) is 10.1 Å². The molecule has 21 heavy (non-hydrogen) atoms. The van der Waals surface area contributed by atoms with Gasteiger partial charge in [-0.25, -0.2) is 0 Å². The molecule has 0 saturated carbocycles. The van der Waals surface area contributed by atoms with Gasteiger partial charge in [-0.3, -0.25) is 4.98 Å². The van der Waals surface area contributed by atoms with Gasteiger partial charge in [0.25, 0.3) is 0 Å². The lowest BCUT2D eigenvalue weighted by Gasteiger charge is -2.15. The lowest BCUT2D eigenvalue weighted by molar-refractivity contribution is -0.139. The topological polar surface area (TPSA) is 42.4 Å². The zero-order chi connectivity index (χ0) is 15.5. The summed E-state index contributed by atoms with van der Waals surface area (Å²) >= 11 is 5.87. The lowest BCUT2D eigenvalue weighted by atomic mass is 10.1. The first-order chi connectivity index (χ1) is 9.91. The number of nitrogens with zero attached hydrogens (tertiary/aromatic N) is 1. The Labute approximate surface area is 124 Å². The van der Waals surface area contributed by atoms with E-state index < -0.39 is 18.3 Å². The number of ether oxygens (including phenoxy) is 1. The number of aromatic nitrogens is 1. The maximum absolute atomic E-state index is 13.0. The minimum Gasteiger partial charge on any atom is -0.488 e. The summed E-state index contributed by atoms with van der Waals surface area (Å²) in [6.45, 7) is -0.581. The number of aliphatic hydroxyl groups is 1. The molecule has 0 fully saturated rings. The number of alkyl halides is 3. The molecule has 2 aromatic rings. The highest BCUT2D eigenvalue weighted by Gasteiger charge is 2.34. The first-order valence-electron chi connectivity index (χ1n) is 5.94. The minimum atomic E-state index is -4.57. The van der Waals surface area contributed by atoms with Gasteiger partial charge >= 0.3 is 6.18 Å². The number of hydrogen-bond acceptors (Lipinski definition) is 3. The molecular formula is C14H11ClF3NO2. The fourth-order valence-corrected chi connectivity index (χ4v) is 1.87. The van der Waals surface area contributed by atoms with Crippen molar-refractivity contribution in [3.63, 3.8) is 0 Å². The summed E-state index contributed by atoms with van der Waals surface area (Å²) in [5.41, 5.74) is -0.234. The van der Waals surface area contributed by atoms with Gasteiger partial charge in [0.2, 0.25) is 0 Å². The third-order valence-electron chi connectivity index (χ3n) is 2.77. The molecule has 0 atom stereocenters. The van der Waals surface area contributed by atoms with Crippen LogP contribution in [0.15, 0.2) is 36.7 Å². The second kappa shape index (κ2) is 6.32. The van der Waals surface area contributed by atoms with Gasteiger partial charge in [-0.2, -0.15) is 13.2 Å². The van der Waals surface area contributed by atoms with E-state index in [1.807, 2.05) is 0 Å². The maximum atomic E-state index is 13.0. The molecule has 0 bridgehead atoms. The molecule has 0 aliphatic heterocycles. The monoisotopic (exact) mass is 317 g/mol. The molecule has 7 heteroatoms. The van der Waals surface area contributed by atoms with E-state index in [0.29, 0.717) is 10.6 Å². The highest BCUT2D eigenvalue weighted by Crippen LogP contribution is 2.37. The molecule has 0 amide bonds. The van der Waals surface area contributed by atoms with E-state index in [-0.39, 0.29) is 17.9 Å². The number of halogens is 4. The Morgan fingerprint density at radius 3 is 2.62 bits per heavy atom. The zero-order valence-corrected chi connectivity index (χ0v) is 11.4. The van der Waals surface area contributed by atoms with Crippen molar-refractivity contribution in [3.8, 4) is 5.75 Å². The summed E-state index contributed by atoms with van der Waals surface area (Å²) in [6.07, 6.45) is -1.70. The molecule has 112 valence electrons. The van der Waals surface area contributed by atoms with E-state index in [1.54, 1.807) is 6.07 Å². The fourth-order valence-electron chi connectivity index (χ4n) is 1.70. The molecule has 0 radical (unpaired) electrons. The highest BCUT2D eigenvalue weighted by atomic mass is 35.5. The molecule has 0 spiro atoms. The summed E-state index contributed by atoms with van der Waals surface area (Å²) in [6, 6.07) is 4.99. The summed E-state index contributed by atoms with van der Waals surface area (Å²) in [7, 11) is 0. The second-order valence-corrected chi connectivity index (χ2v) is 4.65. The smallest absolute Gasteiger partial charge is 0.419 e. The number of hydrogen-bond donors (Lipinski definition) is 1. The van der Waals surface area contributed by atoms with Crippen molar-refractivity contribution < 1.29 is 23.0 Å². The van der Waals surface area contributed by atoms with Gasteiger partial charge in [0, 0.05) is 18.0 Å². The molecule has 0 unspecified atom stereocenters. The Morgan fingerprint density at radius 2 is 2.00 bits per heavy atom. The molecule has 0 saturated heterocycles. The molecule has 2 rings (SSSR count). The molecule has 1 aromatic heterocycles. The van der Waals surface area contributed by atoms with E-state index in [2.05, 4.69) is 4.98 Å². The van der Waals surface area contributed by atoms with Gasteiger partial charge in [0.1, 0.15) is 12.4 Å². The molecule has 1 heterocycles. The number of rotatable bonds is 4. The third kappa shape index (κ3) is 3.86. The largest absolute Gasteiger partial charge is 0.488 e. The van der Waals surface area contributed by atoms with Gasteiger partial charge < -0.3 is 9.84 Å². The first kappa shape index (κ1) is 15.6. The van der Waals surface area contributed by atoms with Crippen molar-refractivity contribution in [1.29, 1.82) is 0 Å². The van der Waals surface area contributed by atoms with Gasteiger partial charge in [0.15, 0.2) is 0 Å². The average molecular weight is 318 g/mol. The summed E-state index contributed by atoms with van der Waals surface area (Å²) < 4.78 is 44.1. The van der Waals surface area contributed by atoms with Gasteiger partial charge in [-0.05, 0) is 23.8 Å². The highest BCUT2D eigenvalue weighted by molar-refractivity contribution is 6.31. The number of pyridine rings is 1. The van der Waals surface area contributed by atoms with Gasteiger partial charge in [-0.15, -0.1) is 0 Å². The number of aliphatic hydroxyl groups excluding tert-OH is 1. The van der Waals surface area contributed by atoms with Crippen molar-refractivity contribution in [3.05, 3.63) is 58.4 Å². The maximum Gasteiger partial charge on any atom is 0.419 e. The van der Waals surface area contributed by atoms with Crippen LogP contribution in [0.3, 0.4) is 0 Å². The molecule has 3 nitrogen and oxygen atoms in total.